The minimum atomic E-state index is -0.397. The van der Waals surface area contributed by atoms with Gasteiger partial charge in [0.2, 0.25) is 0 Å². The molecule has 6 nitrogen and oxygen atoms in total. The van der Waals surface area contributed by atoms with E-state index >= 15 is 0 Å². The summed E-state index contributed by atoms with van der Waals surface area (Å²) < 4.78 is 13.5. The number of para-hydroxylation sites is 1. The van der Waals surface area contributed by atoms with Crippen molar-refractivity contribution in [1.82, 2.24) is 10.2 Å². The third kappa shape index (κ3) is 5.01. The maximum Gasteiger partial charge on any atom is 0.324 e. The largest absolute Gasteiger partial charge is 0.368 e. The molecule has 0 fully saturated rings. The van der Waals surface area contributed by atoms with Gasteiger partial charge in [-0.25, -0.2) is 9.18 Å². The molecule has 0 radical (unpaired) electrons. The fraction of sp³-hybridized carbons (Fsp3) is 0.105. The fourth-order valence-corrected chi connectivity index (χ4v) is 2.32. The lowest BCUT2D eigenvalue weighted by Crippen LogP contribution is -2.20. The van der Waals surface area contributed by atoms with Crippen molar-refractivity contribution in [2.45, 2.75) is 6.42 Å². The fourth-order valence-electron chi connectivity index (χ4n) is 2.32. The van der Waals surface area contributed by atoms with E-state index < -0.39 is 6.03 Å². The lowest BCUT2D eigenvalue weighted by molar-refractivity contribution is 0.262. The number of hydrogen-bond acceptors (Lipinski definition) is 4. The van der Waals surface area contributed by atoms with Crippen LogP contribution in [0.25, 0.3) is 0 Å². The van der Waals surface area contributed by atoms with Crippen LogP contribution in [0.1, 0.15) is 5.56 Å². The van der Waals surface area contributed by atoms with Gasteiger partial charge in [0.25, 0.3) is 0 Å². The summed E-state index contributed by atoms with van der Waals surface area (Å²) in [5.41, 5.74) is 1.33. The minimum absolute atomic E-state index is 0.218. The second-order valence-electron chi connectivity index (χ2n) is 5.52. The monoisotopic (exact) mass is 351 g/mol. The summed E-state index contributed by atoms with van der Waals surface area (Å²) in [5, 5.41) is 16.3. The van der Waals surface area contributed by atoms with Gasteiger partial charge < -0.3 is 10.6 Å². The molecular formula is C19H18FN5O. The Hall–Kier alpha value is -3.48. The van der Waals surface area contributed by atoms with Gasteiger partial charge in [-0.05, 0) is 42.3 Å². The molecule has 0 spiro atoms. The summed E-state index contributed by atoms with van der Waals surface area (Å²) >= 11 is 0. The van der Waals surface area contributed by atoms with Crippen molar-refractivity contribution in [2.24, 2.45) is 0 Å². The first-order chi connectivity index (χ1) is 12.7. The molecule has 7 heteroatoms. The van der Waals surface area contributed by atoms with Gasteiger partial charge in [0, 0.05) is 12.2 Å². The average Bonchev–Trinajstić information content (AvgIpc) is 2.65. The van der Waals surface area contributed by atoms with Crippen LogP contribution in [0.5, 0.6) is 0 Å². The number of carbonyl (C=O) groups excluding carboxylic acids is 1. The molecule has 1 aromatic heterocycles. The van der Waals surface area contributed by atoms with E-state index in [2.05, 4.69) is 26.1 Å². The number of rotatable bonds is 6. The SMILES string of the molecule is O=C(Nc1ccccc1)Nc1ccc(NCCc2ccccc2F)nn1. The second kappa shape index (κ2) is 8.57. The van der Waals surface area contributed by atoms with Crippen molar-refractivity contribution in [3.8, 4) is 0 Å². The molecule has 0 aliphatic carbocycles. The number of anilines is 3. The Kier molecular flexibility index (Phi) is 5.72. The molecule has 0 aliphatic heterocycles. The van der Waals surface area contributed by atoms with Gasteiger partial charge in [-0.1, -0.05) is 36.4 Å². The van der Waals surface area contributed by atoms with E-state index in [1.54, 1.807) is 42.5 Å². The van der Waals surface area contributed by atoms with Crippen molar-refractivity contribution in [1.29, 1.82) is 0 Å². The summed E-state index contributed by atoms with van der Waals surface area (Å²) in [5.74, 6) is 0.665. The Morgan fingerprint density at radius 1 is 0.846 bits per heavy atom. The number of nitrogens with zero attached hydrogens (tertiary/aromatic N) is 2. The zero-order valence-corrected chi connectivity index (χ0v) is 13.9. The zero-order valence-electron chi connectivity index (χ0n) is 13.9. The Labute approximate surface area is 150 Å². The van der Waals surface area contributed by atoms with E-state index in [9.17, 15) is 9.18 Å². The molecular weight excluding hydrogens is 333 g/mol. The number of aromatic nitrogens is 2. The van der Waals surface area contributed by atoms with Crippen molar-refractivity contribution in [3.63, 3.8) is 0 Å². The van der Waals surface area contributed by atoms with Gasteiger partial charge in [-0.2, -0.15) is 0 Å². The van der Waals surface area contributed by atoms with Crippen LogP contribution in [0.15, 0.2) is 66.7 Å². The highest BCUT2D eigenvalue weighted by atomic mass is 19.1. The van der Waals surface area contributed by atoms with E-state index in [-0.39, 0.29) is 5.82 Å². The zero-order chi connectivity index (χ0) is 18.2. The lowest BCUT2D eigenvalue weighted by atomic mass is 10.1. The van der Waals surface area contributed by atoms with Crippen LogP contribution in [0.3, 0.4) is 0 Å². The highest BCUT2D eigenvalue weighted by molar-refractivity contribution is 5.99. The summed E-state index contributed by atoms with van der Waals surface area (Å²) in [6, 6.07) is 18.7. The highest BCUT2D eigenvalue weighted by Crippen LogP contribution is 2.10. The first-order valence-electron chi connectivity index (χ1n) is 8.15. The second-order valence-corrected chi connectivity index (χ2v) is 5.52. The summed E-state index contributed by atoms with van der Waals surface area (Å²) in [7, 11) is 0. The molecule has 0 atom stereocenters. The topological polar surface area (TPSA) is 78.9 Å². The summed E-state index contributed by atoms with van der Waals surface area (Å²) in [6.45, 7) is 0.525. The highest BCUT2D eigenvalue weighted by Gasteiger charge is 2.05. The van der Waals surface area contributed by atoms with Crippen LogP contribution in [-0.4, -0.2) is 22.8 Å². The van der Waals surface area contributed by atoms with Crippen LogP contribution in [0, 0.1) is 5.82 Å². The van der Waals surface area contributed by atoms with Crippen molar-refractivity contribution in [2.75, 3.05) is 22.5 Å². The van der Waals surface area contributed by atoms with Gasteiger partial charge >= 0.3 is 6.03 Å². The van der Waals surface area contributed by atoms with Crippen molar-refractivity contribution < 1.29 is 9.18 Å². The number of urea groups is 1. The van der Waals surface area contributed by atoms with E-state index in [0.29, 0.717) is 35.9 Å². The van der Waals surface area contributed by atoms with Crippen LogP contribution < -0.4 is 16.0 Å². The molecule has 2 amide bonds. The molecule has 0 unspecified atom stereocenters. The Balaban J connectivity index is 1.47. The van der Waals surface area contributed by atoms with Crippen molar-refractivity contribution >= 4 is 23.4 Å². The molecule has 132 valence electrons. The number of nitrogens with one attached hydrogen (secondary N) is 3. The normalized spacial score (nSPS) is 10.2. The third-order valence-electron chi connectivity index (χ3n) is 3.60. The van der Waals surface area contributed by atoms with E-state index in [0.717, 1.165) is 0 Å². The molecule has 0 bridgehead atoms. The predicted molar refractivity (Wildman–Crippen MR) is 99.7 cm³/mol. The molecule has 0 aliphatic rings. The van der Waals surface area contributed by atoms with Gasteiger partial charge in [0.05, 0.1) is 0 Å². The Morgan fingerprint density at radius 2 is 1.54 bits per heavy atom. The Bertz CT molecular complexity index is 855. The van der Waals surface area contributed by atoms with E-state index in [4.69, 9.17) is 0 Å². The molecule has 3 rings (SSSR count). The first kappa shape index (κ1) is 17.3. The molecule has 26 heavy (non-hydrogen) atoms. The first-order valence-corrected chi connectivity index (χ1v) is 8.15. The molecule has 2 aromatic carbocycles. The molecule has 0 saturated carbocycles. The maximum absolute atomic E-state index is 13.5. The molecule has 0 saturated heterocycles. The van der Waals surface area contributed by atoms with Crippen LogP contribution in [-0.2, 0) is 6.42 Å². The van der Waals surface area contributed by atoms with Crippen molar-refractivity contribution in [3.05, 3.63) is 78.1 Å². The third-order valence-corrected chi connectivity index (χ3v) is 3.60. The number of carbonyl (C=O) groups is 1. The molecule has 3 aromatic rings. The molecule has 1 heterocycles. The van der Waals surface area contributed by atoms with Gasteiger partial charge in [-0.3, -0.25) is 5.32 Å². The van der Waals surface area contributed by atoms with E-state index in [1.165, 1.54) is 6.07 Å². The van der Waals surface area contributed by atoms with Crippen LogP contribution in [0.4, 0.5) is 26.5 Å². The average molecular weight is 351 g/mol. The van der Waals surface area contributed by atoms with Crippen LogP contribution >= 0.6 is 0 Å². The smallest absolute Gasteiger partial charge is 0.324 e. The number of halogens is 1. The molecule has 3 N–H and O–H groups in total. The lowest BCUT2D eigenvalue weighted by Gasteiger charge is -2.08. The summed E-state index contributed by atoms with van der Waals surface area (Å²) in [4.78, 5) is 11.9. The number of hydrogen-bond donors (Lipinski definition) is 3. The van der Waals surface area contributed by atoms with Gasteiger partial charge in [0.1, 0.15) is 11.6 Å². The standard InChI is InChI=1S/C19H18FN5O/c20-16-9-5-4-6-14(16)12-13-21-17-10-11-18(25-24-17)23-19(26)22-15-7-2-1-3-8-15/h1-11H,12-13H2,(H,21,24)(H2,22,23,25,26). The van der Waals surface area contributed by atoms with Gasteiger partial charge in [0.15, 0.2) is 5.82 Å². The van der Waals surface area contributed by atoms with E-state index in [1.807, 2.05) is 18.2 Å². The van der Waals surface area contributed by atoms with Crippen LogP contribution in [0.2, 0.25) is 0 Å². The minimum Gasteiger partial charge on any atom is -0.368 e. The maximum atomic E-state index is 13.5. The summed E-state index contributed by atoms with van der Waals surface area (Å²) in [6.07, 6.45) is 0.536. The Morgan fingerprint density at radius 3 is 2.27 bits per heavy atom. The predicted octanol–water partition coefficient (Wildman–Crippen LogP) is 3.91. The number of benzene rings is 2. The quantitative estimate of drug-likeness (QED) is 0.629. The van der Waals surface area contributed by atoms with Gasteiger partial charge in [-0.15, -0.1) is 10.2 Å². The number of amides is 2.